The third-order valence-electron chi connectivity index (χ3n) is 3.95. The van der Waals surface area contributed by atoms with Gasteiger partial charge in [0.1, 0.15) is 0 Å². The van der Waals surface area contributed by atoms with E-state index < -0.39 is 5.97 Å². The second-order valence-electron chi connectivity index (χ2n) is 5.49. The molecule has 3 nitrogen and oxygen atoms in total. The molecule has 1 aliphatic rings. The standard InChI is InChI=1S/C17H23NO2/c19-17(20)9-8-16-10-13-18(14-11-16)12-4-7-15-5-2-1-3-6-15/h1-7,16H,8-14H2,(H,19,20). The summed E-state index contributed by atoms with van der Waals surface area (Å²) in [6, 6.07) is 10.3. The molecule has 0 spiro atoms. The molecule has 1 fully saturated rings. The largest absolute Gasteiger partial charge is 0.481 e. The van der Waals surface area contributed by atoms with Crippen LogP contribution in [0.25, 0.3) is 6.08 Å². The van der Waals surface area contributed by atoms with Crippen LogP contribution in [0.15, 0.2) is 36.4 Å². The van der Waals surface area contributed by atoms with Crippen molar-refractivity contribution in [3.05, 3.63) is 42.0 Å². The number of aliphatic carboxylic acids is 1. The van der Waals surface area contributed by atoms with E-state index in [1.807, 2.05) is 18.2 Å². The van der Waals surface area contributed by atoms with Gasteiger partial charge in [0.2, 0.25) is 0 Å². The van der Waals surface area contributed by atoms with Crippen molar-refractivity contribution in [1.82, 2.24) is 4.90 Å². The number of benzene rings is 1. The zero-order chi connectivity index (χ0) is 14.2. The molecule has 2 rings (SSSR count). The quantitative estimate of drug-likeness (QED) is 0.864. The van der Waals surface area contributed by atoms with Crippen LogP contribution in [0.3, 0.4) is 0 Å². The van der Waals surface area contributed by atoms with Crippen molar-refractivity contribution in [2.45, 2.75) is 25.7 Å². The molecule has 1 heterocycles. The summed E-state index contributed by atoms with van der Waals surface area (Å²) >= 11 is 0. The summed E-state index contributed by atoms with van der Waals surface area (Å²) in [7, 11) is 0. The van der Waals surface area contributed by atoms with Crippen LogP contribution < -0.4 is 0 Å². The summed E-state index contributed by atoms with van der Waals surface area (Å²) in [5, 5.41) is 8.70. The maximum absolute atomic E-state index is 10.6. The Kier molecular flexibility index (Phi) is 5.81. The van der Waals surface area contributed by atoms with Crippen molar-refractivity contribution in [3.8, 4) is 0 Å². The number of piperidine rings is 1. The predicted octanol–water partition coefficient (Wildman–Crippen LogP) is 3.28. The average Bonchev–Trinajstić information content (AvgIpc) is 2.47. The minimum Gasteiger partial charge on any atom is -0.481 e. The highest BCUT2D eigenvalue weighted by atomic mass is 16.4. The van der Waals surface area contributed by atoms with Crippen molar-refractivity contribution in [1.29, 1.82) is 0 Å². The first kappa shape index (κ1) is 14.8. The maximum atomic E-state index is 10.6. The molecule has 1 aliphatic heterocycles. The normalized spacial score (nSPS) is 17.6. The van der Waals surface area contributed by atoms with Gasteiger partial charge in [-0.1, -0.05) is 42.5 Å². The second kappa shape index (κ2) is 7.85. The lowest BCUT2D eigenvalue weighted by Gasteiger charge is -2.30. The highest BCUT2D eigenvalue weighted by molar-refractivity contribution is 5.66. The molecule has 0 unspecified atom stereocenters. The summed E-state index contributed by atoms with van der Waals surface area (Å²) < 4.78 is 0. The first-order chi connectivity index (χ1) is 9.74. The predicted molar refractivity (Wildman–Crippen MR) is 81.5 cm³/mol. The van der Waals surface area contributed by atoms with Crippen LogP contribution in [-0.4, -0.2) is 35.6 Å². The molecule has 20 heavy (non-hydrogen) atoms. The second-order valence-corrected chi connectivity index (χ2v) is 5.49. The van der Waals surface area contributed by atoms with E-state index in [-0.39, 0.29) is 0 Å². The molecule has 3 heteroatoms. The number of carboxylic acid groups (broad SMARTS) is 1. The Morgan fingerprint density at radius 3 is 2.60 bits per heavy atom. The molecule has 0 radical (unpaired) electrons. The summed E-state index contributed by atoms with van der Waals surface area (Å²) in [5.74, 6) is -0.0707. The number of hydrogen-bond donors (Lipinski definition) is 1. The molecule has 1 N–H and O–H groups in total. The molecule has 0 aromatic heterocycles. The number of nitrogens with zero attached hydrogens (tertiary/aromatic N) is 1. The number of rotatable bonds is 6. The van der Waals surface area contributed by atoms with Gasteiger partial charge in [-0.15, -0.1) is 0 Å². The van der Waals surface area contributed by atoms with E-state index in [4.69, 9.17) is 5.11 Å². The van der Waals surface area contributed by atoms with E-state index in [0.29, 0.717) is 12.3 Å². The fraction of sp³-hybridized carbons (Fsp3) is 0.471. The summed E-state index contributed by atoms with van der Waals surface area (Å²) in [5.41, 5.74) is 1.24. The van der Waals surface area contributed by atoms with Crippen LogP contribution in [0.4, 0.5) is 0 Å². The molecule has 0 aliphatic carbocycles. The molecule has 0 saturated carbocycles. The average molecular weight is 273 g/mol. The first-order valence-corrected chi connectivity index (χ1v) is 7.40. The first-order valence-electron chi connectivity index (χ1n) is 7.40. The monoisotopic (exact) mass is 273 g/mol. The Bertz CT molecular complexity index is 434. The van der Waals surface area contributed by atoms with Crippen LogP contribution in [0.2, 0.25) is 0 Å². The van der Waals surface area contributed by atoms with Gasteiger partial charge in [-0.05, 0) is 43.8 Å². The van der Waals surface area contributed by atoms with Crippen LogP contribution in [-0.2, 0) is 4.79 Å². The third kappa shape index (κ3) is 5.17. The number of likely N-dealkylation sites (tertiary alicyclic amines) is 1. The number of hydrogen-bond acceptors (Lipinski definition) is 2. The molecule has 1 saturated heterocycles. The van der Waals surface area contributed by atoms with Crippen molar-refractivity contribution in [2.75, 3.05) is 19.6 Å². The lowest BCUT2D eigenvalue weighted by atomic mass is 9.92. The lowest BCUT2D eigenvalue weighted by Crippen LogP contribution is -2.33. The van der Waals surface area contributed by atoms with Gasteiger partial charge in [0.15, 0.2) is 0 Å². The van der Waals surface area contributed by atoms with E-state index >= 15 is 0 Å². The van der Waals surface area contributed by atoms with Gasteiger partial charge in [0, 0.05) is 13.0 Å². The van der Waals surface area contributed by atoms with E-state index in [0.717, 1.165) is 38.9 Å². The van der Waals surface area contributed by atoms with E-state index in [2.05, 4.69) is 29.2 Å². The molecule has 0 atom stereocenters. The highest BCUT2D eigenvalue weighted by Gasteiger charge is 2.18. The van der Waals surface area contributed by atoms with Gasteiger partial charge in [0.25, 0.3) is 0 Å². The zero-order valence-electron chi connectivity index (χ0n) is 11.9. The van der Waals surface area contributed by atoms with Gasteiger partial charge < -0.3 is 5.11 Å². The Labute approximate surface area is 120 Å². The molecule has 0 bridgehead atoms. The molecular formula is C17H23NO2. The summed E-state index contributed by atoms with van der Waals surface area (Å²) in [6.07, 6.45) is 7.80. The highest BCUT2D eigenvalue weighted by Crippen LogP contribution is 2.21. The fourth-order valence-corrected chi connectivity index (χ4v) is 2.69. The van der Waals surface area contributed by atoms with Gasteiger partial charge >= 0.3 is 5.97 Å². The summed E-state index contributed by atoms with van der Waals surface area (Å²) in [4.78, 5) is 13.0. The van der Waals surface area contributed by atoms with E-state index in [1.54, 1.807) is 0 Å². The Morgan fingerprint density at radius 2 is 1.95 bits per heavy atom. The minimum atomic E-state index is -0.668. The van der Waals surface area contributed by atoms with Gasteiger partial charge in [-0.2, -0.15) is 0 Å². The van der Waals surface area contributed by atoms with E-state index in [9.17, 15) is 4.79 Å². The minimum absolute atomic E-state index is 0.318. The van der Waals surface area contributed by atoms with Crippen molar-refractivity contribution in [3.63, 3.8) is 0 Å². The Balaban J connectivity index is 1.67. The molecule has 1 aromatic carbocycles. The topological polar surface area (TPSA) is 40.5 Å². The SMILES string of the molecule is O=C(O)CCC1CCN(CC=Cc2ccccc2)CC1. The van der Waals surface area contributed by atoms with Gasteiger partial charge in [-0.3, -0.25) is 9.69 Å². The third-order valence-corrected chi connectivity index (χ3v) is 3.95. The number of carboxylic acids is 1. The summed E-state index contributed by atoms with van der Waals surface area (Å²) in [6.45, 7) is 3.16. The molecule has 1 aromatic rings. The Hall–Kier alpha value is -1.61. The molecule has 0 amide bonds. The van der Waals surface area contributed by atoms with Gasteiger partial charge in [0.05, 0.1) is 0 Å². The van der Waals surface area contributed by atoms with Crippen LogP contribution in [0.1, 0.15) is 31.2 Å². The van der Waals surface area contributed by atoms with Crippen molar-refractivity contribution in [2.24, 2.45) is 5.92 Å². The molecule has 108 valence electrons. The maximum Gasteiger partial charge on any atom is 0.303 e. The van der Waals surface area contributed by atoms with Crippen LogP contribution in [0.5, 0.6) is 0 Å². The Morgan fingerprint density at radius 1 is 1.25 bits per heavy atom. The zero-order valence-corrected chi connectivity index (χ0v) is 11.9. The van der Waals surface area contributed by atoms with E-state index in [1.165, 1.54) is 5.56 Å². The van der Waals surface area contributed by atoms with Crippen molar-refractivity contribution < 1.29 is 9.90 Å². The number of carbonyl (C=O) groups is 1. The molecular weight excluding hydrogens is 250 g/mol. The fourth-order valence-electron chi connectivity index (χ4n) is 2.69. The lowest BCUT2D eigenvalue weighted by molar-refractivity contribution is -0.137. The van der Waals surface area contributed by atoms with Crippen molar-refractivity contribution >= 4 is 12.0 Å². The smallest absolute Gasteiger partial charge is 0.303 e. The van der Waals surface area contributed by atoms with Gasteiger partial charge in [-0.25, -0.2) is 0 Å². The van der Waals surface area contributed by atoms with Crippen LogP contribution in [0, 0.1) is 5.92 Å². The van der Waals surface area contributed by atoms with Crippen LogP contribution >= 0.6 is 0 Å².